The molecule has 0 amide bonds. The number of hydrogen-bond donors (Lipinski definition) is 0. The van der Waals surface area contributed by atoms with Crippen LogP contribution in [-0.2, 0) is 4.74 Å². The van der Waals surface area contributed by atoms with Gasteiger partial charge in [-0.25, -0.2) is 14.3 Å². The second-order valence-corrected chi connectivity index (χ2v) is 3.50. The minimum atomic E-state index is -0.571. The highest BCUT2D eigenvalue weighted by molar-refractivity contribution is 5.90. The Hall–Kier alpha value is -2.51. The highest BCUT2D eigenvalue weighted by atomic mass is 16.6. The van der Waals surface area contributed by atoms with Crippen molar-refractivity contribution in [2.24, 2.45) is 0 Å². The van der Waals surface area contributed by atoms with Gasteiger partial charge in [-0.3, -0.25) is 10.1 Å². The number of nitro groups is 1. The molecule has 0 saturated heterocycles. The fraction of sp³-hybridized carbons (Fsp3) is 0.300. The van der Waals surface area contributed by atoms with Gasteiger partial charge in [0.15, 0.2) is 0 Å². The van der Waals surface area contributed by atoms with Gasteiger partial charge >= 0.3 is 11.7 Å². The van der Waals surface area contributed by atoms with Crippen LogP contribution in [0, 0.1) is 17.0 Å². The Bertz CT molecular complexity index is 634. The van der Waals surface area contributed by atoms with Crippen LogP contribution in [0.3, 0.4) is 0 Å². The van der Waals surface area contributed by atoms with Crippen molar-refractivity contribution in [3.8, 4) is 0 Å². The Morgan fingerprint density at radius 1 is 1.56 bits per heavy atom. The van der Waals surface area contributed by atoms with E-state index in [1.807, 2.05) is 0 Å². The highest BCUT2D eigenvalue weighted by Crippen LogP contribution is 2.19. The van der Waals surface area contributed by atoms with Crippen LogP contribution in [0.1, 0.15) is 23.0 Å². The van der Waals surface area contributed by atoms with Crippen LogP contribution in [-0.4, -0.2) is 32.1 Å². The normalized spacial score (nSPS) is 10.6. The van der Waals surface area contributed by atoms with Gasteiger partial charge in [0.25, 0.3) is 0 Å². The molecule has 0 unspecified atom stereocenters. The highest BCUT2D eigenvalue weighted by Gasteiger charge is 2.21. The van der Waals surface area contributed by atoms with Crippen LogP contribution in [0.15, 0.2) is 12.4 Å². The lowest BCUT2D eigenvalue weighted by Crippen LogP contribution is -2.11. The van der Waals surface area contributed by atoms with E-state index in [0.717, 1.165) is 6.20 Å². The van der Waals surface area contributed by atoms with Crippen LogP contribution >= 0.6 is 0 Å². The first-order valence-corrected chi connectivity index (χ1v) is 5.21. The summed E-state index contributed by atoms with van der Waals surface area (Å²) in [7, 11) is 0. The third-order valence-corrected chi connectivity index (χ3v) is 2.44. The van der Waals surface area contributed by atoms with Crippen molar-refractivity contribution in [3.63, 3.8) is 0 Å². The molecule has 0 aliphatic carbocycles. The molecular weight excluding hydrogens is 240 g/mol. The Morgan fingerprint density at radius 3 is 2.89 bits per heavy atom. The molecule has 0 bridgehead atoms. The van der Waals surface area contributed by atoms with Gasteiger partial charge in [-0.1, -0.05) is 0 Å². The van der Waals surface area contributed by atoms with Crippen molar-refractivity contribution in [3.05, 3.63) is 33.8 Å². The molecule has 18 heavy (non-hydrogen) atoms. The summed E-state index contributed by atoms with van der Waals surface area (Å²) < 4.78 is 6.11. The molecule has 0 aliphatic heterocycles. The van der Waals surface area contributed by atoms with Crippen molar-refractivity contribution >= 4 is 17.3 Å². The van der Waals surface area contributed by atoms with Crippen molar-refractivity contribution < 1.29 is 14.5 Å². The second-order valence-electron chi connectivity index (χ2n) is 3.50. The Labute approximate surface area is 101 Å². The van der Waals surface area contributed by atoms with Crippen LogP contribution in [0.5, 0.6) is 0 Å². The number of ether oxygens (including phenoxy) is 1. The number of hydrogen-bond acceptors (Lipinski definition) is 6. The Morgan fingerprint density at radius 2 is 2.28 bits per heavy atom. The number of rotatable bonds is 3. The van der Waals surface area contributed by atoms with Crippen molar-refractivity contribution in [2.45, 2.75) is 13.8 Å². The van der Waals surface area contributed by atoms with Gasteiger partial charge in [-0.05, 0) is 13.8 Å². The first-order valence-electron chi connectivity index (χ1n) is 5.21. The van der Waals surface area contributed by atoms with E-state index < -0.39 is 10.9 Å². The summed E-state index contributed by atoms with van der Waals surface area (Å²) in [6.07, 6.45) is 2.36. The van der Waals surface area contributed by atoms with E-state index in [1.165, 1.54) is 10.7 Å². The molecule has 2 heterocycles. The van der Waals surface area contributed by atoms with Gasteiger partial charge < -0.3 is 4.74 Å². The maximum Gasteiger partial charge on any atom is 0.341 e. The molecule has 0 aromatic carbocycles. The minimum Gasteiger partial charge on any atom is -0.462 e. The molecule has 0 saturated carbocycles. The topological polar surface area (TPSA) is 99.6 Å². The number of carbonyl (C=O) groups excluding carboxylic acids is 1. The van der Waals surface area contributed by atoms with E-state index in [4.69, 9.17) is 4.74 Å². The lowest BCUT2D eigenvalue weighted by atomic mass is 10.2. The summed E-state index contributed by atoms with van der Waals surface area (Å²) >= 11 is 0. The zero-order chi connectivity index (χ0) is 13.3. The molecule has 0 aliphatic rings. The predicted octanol–water partition coefficient (Wildman–Crippen LogP) is 1.12. The molecule has 0 spiro atoms. The number of esters is 1. The zero-order valence-corrected chi connectivity index (χ0v) is 9.78. The van der Waals surface area contributed by atoms with Crippen LogP contribution in [0.2, 0.25) is 0 Å². The first-order chi connectivity index (χ1) is 8.56. The van der Waals surface area contributed by atoms with E-state index in [2.05, 4.69) is 10.1 Å². The summed E-state index contributed by atoms with van der Waals surface area (Å²) in [5.41, 5.74) is 0.591. The number of aromatic nitrogens is 3. The summed E-state index contributed by atoms with van der Waals surface area (Å²) in [4.78, 5) is 25.7. The summed E-state index contributed by atoms with van der Waals surface area (Å²) in [6, 6.07) is 0. The van der Waals surface area contributed by atoms with Gasteiger partial charge in [0, 0.05) is 6.20 Å². The van der Waals surface area contributed by atoms with E-state index >= 15 is 0 Å². The first kappa shape index (κ1) is 12.0. The van der Waals surface area contributed by atoms with E-state index in [-0.39, 0.29) is 23.5 Å². The van der Waals surface area contributed by atoms with Gasteiger partial charge in [-0.2, -0.15) is 5.10 Å². The molecule has 94 valence electrons. The smallest absolute Gasteiger partial charge is 0.341 e. The summed E-state index contributed by atoms with van der Waals surface area (Å²) in [6.45, 7) is 3.56. The standard InChI is InChI=1S/C10H10N4O4/c1-3-18-10(15)7-4-11-9-8(14(16)17)5-12-13(9)6(7)2/h4-5H,3H2,1-2H3. The van der Waals surface area contributed by atoms with E-state index in [9.17, 15) is 14.9 Å². The van der Waals surface area contributed by atoms with Gasteiger partial charge in [-0.15, -0.1) is 0 Å². The molecule has 0 atom stereocenters. The zero-order valence-electron chi connectivity index (χ0n) is 9.78. The molecule has 8 nitrogen and oxygen atoms in total. The lowest BCUT2D eigenvalue weighted by molar-refractivity contribution is -0.383. The van der Waals surface area contributed by atoms with Gasteiger partial charge in [0.05, 0.1) is 22.8 Å². The predicted molar refractivity (Wildman–Crippen MR) is 60.3 cm³/mol. The average Bonchev–Trinajstić information content (AvgIpc) is 2.74. The van der Waals surface area contributed by atoms with Crippen LogP contribution in [0.4, 0.5) is 5.69 Å². The van der Waals surface area contributed by atoms with Crippen molar-refractivity contribution in [1.29, 1.82) is 0 Å². The SMILES string of the molecule is CCOC(=O)c1cnc2c([N+](=O)[O-])cnn2c1C. The number of aryl methyl sites for hydroxylation is 1. The van der Waals surface area contributed by atoms with Gasteiger partial charge in [0.2, 0.25) is 5.65 Å². The van der Waals surface area contributed by atoms with Crippen molar-refractivity contribution in [2.75, 3.05) is 6.61 Å². The van der Waals surface area contributed by atoms with Crippen LogP contribution < -0.4 is 0 Å². The third kappa shape index (κ3) is 1.77. The molecule has 2 aromatic rings. The average molecular weight is 250 g/mol. The minimum absolute atomic E-state index is 0.102. The Balaban J connectivity index is 2.59. The summed E-state index contributed by atoms with van der Waals surface area (Å²) in [5, 5.41) is 14.6. The van der Waals surface area contributed by atoms with E-state index in [0.29, 0.717) is 5.69 Å². The second kappa shape index (κ2) is 4.40. The quantitative estimate of drug-likeness (QED) is 0.459. The maximum absolute atomic E-state index is 11.6. The van der Waals surface area contributed by atoms with E-state index in [1.54, 1.807) is 13.8 Å². The van der Waals surface area contributed by atoms with Crippen molar-refractivity contribution in [1.82, 2.24) is 14.6 Å². The Kier molecular flexibility index (Phi) is 2.92. The fourth-order valence-electron chi connectivity index (χ4n) is 1.57. The molecule has 2 rings (SSSR count). The molecule has 0 fully saturated rings. The lowest BCUT2D eigenvalue weighted by Gasteiger charge is -2.05. The molecule has 0 N–H and O–H groups in total. The number of nitrogens with zero attached hydrogens (tertiary/aromatic N) is 4. The van der Waals surface area contributed by atoms with Gasteiger partial charge in [0.1, 0.15) is 6.20 Å². The molecule has 2 aromatic heterocycles. The third-order valence-electron chi connectivity index (χ3n) is 2.44. The van der Waals surface area contributed by atoms with Crippen LogP contribution in [0.25, 0.3) is 5.65 Å². The number of fused-ring (bicyclic) bond motifs is 1. The molecular formula is C10H10N4O4. The molecule has 0 radical (unpaired) electrons. The maximum atomic E-state index is 11.6. The molecule has 8 heteroatoms. The number of carbonyl (C=O) groups is 1. The summed E-state index contributed by atoms with van der Waals surface area (Å²) in [5.74, 6) is -0.525. The largest absolute Gasteiger partial charge is 0.462 e. The fourth-order valence-corrected chi connectivity index (χ4v) is 1.57. The monoisotopic (exact) mass is 250 g/mol.